The fourth-order valence-corrected chi connectivity index (χ4v) is 2.98. The first kappa shape index (κ1) is 25.9. The molecule has 0 aliphatic carbocycles. The summed E-state index contributed by atoms with van der Waals surface area (Å²) in [5, 5.41) is 12.1. The first-order valence-corrected chi connectivity index (χ1v) is 10.7. The molecule has 1 aromatic carbocycles. The van der Waals surface area contributed by atoms with Crippen molar-refractivity contribution in [3.8, 4) is 5.88 Å². The highest BCUT2D eigenvalue weighted by Crippen LogP contribution is 2.26. The molecule has 2 rings (SSSR count). The summed E-state index contributed by atoms with van der Waals surface area (Å²) < 4.78 is 17.2. The molecule has 0 aliphatic rings. The molecule has 33 heavy (non-hydrogen) atoms. The fraction of sp³-hybridized carbons (Fsp3) is 0.400. The average molecular weight is 457 g/mol. The Hall–Kier alpha value is -3.39. The molecule has 0 saturated carbocycles. The van der Waals surface area contributed by atoms with Crippen molar-refractivity contribution in [2.75, 3.05) is 5.32 Å². The molecule has 0 saturated heterocycles. The number of nitrogens with one attached hydrogen (secondary N) is 1. The number of benzene rings is 1. The van der Waals surface area contributed by atoms with Gasteiger partial charge in [-0.2, -0.15) is 0 Å². The van der Waals surface area contributed by atoms with E-state index in [9.17, 15) is 14.7 Å². The predicted octanol–water partition coefficient (Wildman–Crippen LogP) is 5.36. The van der Waals surface area contributed by atoms with Gasteiger partial charge in [0.2, 0.25) is 5.88 Å². The molecule has 2 N–H and O–H groups in total. The van der Waals surface area contributed by atoms with Gasteiger partial charge < -0.3 is 19.3 Å². The SMILES string of the molecule is C=CCC(OCc1ccccc1)[C@@H](C)Oc1nc(C(=O)O)c(NC(=O)OC(C)(C)C)cc1C. The first-order chi connectivity index (χ1) is 15.5. The summed E-state index contributed by atoms with van der Waals surface area (Å²) in [7, 11) is 0. The topological polar surface area (TPSA) is 107 Å². The number of ether oxygens (including phenoxy) is 3. The van der Waals surface area contributed by atoms with Crippen LogP contribution in [0.3, 0.4) is 0 Å². The summed E-state index contributed by atoms with van der Waals surface area (Å²) in [6.45, 7) is 12.9. The highest BCUT2D eigenvalue weighted by Gasteiger charge is 2.24. The van der Waals surface area contributed by atoms with Gasteiger partial charge in [0.05, 0.1) is 18.4 Å². The van der Waals surface area contributed by atoms with Crippen LogP contribution in [0.4, 0.5) is 10.5 Å². The number of hydrogen-bond donors (Lipinski definition) is 2. The zero-order valence-electron chi connectivity index (χ0n) is 19.8. The van der Waals surface area contributed by atoms with E-state index in [1.807, 2.05) is 37.3 Å². The Morgan fingerprint density at radius 1 is 1.24 bits per heavy atom. The number of rotatable bonds is 10. The molecular weight excluding hydrogens is 424 g/mol. The monoisotopic (exact) mass is 456 g/mol. The van der Waals surface area contributed by atoms with Crippen LogP contribution < -0.4 is 10.1 Å². The molecule has 8 nitrogen and oxygen atoms in total. The Morgan fingerprint density at radius 3 is 2.48 bits per heavy atom. The van der Waals surface area contributed by atoms with E-state index in [1.54, 1.807) is 33.8 Å². The van der Waals surface area contributed by atoms with E-state index in [1.165, 1.54) is 6.07 Å². The van der Waals surface area contributed by atoms with Gasteiger partial charge in [0.1, 0.15) is 11.7 Å². The van der Waals surface area contributed by atoms with Crippen molar-refractivity contribution in [3.05, 3.63) is 65.9 Å². The van der Waals surface area contributed by atoms with Gasteiger partial charge in [0.15, 0.2) is 5.69 Å². The van der Waals surface area contributed by atoms with Crippen LogP contribution in [0.15, 0.2) is 49.1 Å². The number of amides is 1. The normalized spacial score (nSPS) is 13.0. The number of pyridine rings is 1. The molecule has 2 aromatic rings. The highest BCUT2D eigenvalue weighted by molar-refractivity contribution is 5.97. The van der Waals surface area contributed by atoms with Crippen molar-refractivity contribution >= 4 is 17.7 Å². The minimum Gasteiger partial charge on any atom is -0.476 e. The van der Waals surface area contributed by atoms with E-state index < -0.39 is 23.8 Å². The number of carbonyl (C=O) groups excluding carboxylic acids is 1. The van der Waals surface area contributed by atoms with Gasteiger partial charge in [0.25, 0.3) is 0 Å². The Labute approximate surface area is 194 Å². The number of anilines is 1. The van der Waals surface area contributed by atoms with Gasteiger partial charge in [-0.15, -0.1) is 6.58 Å². The highest BCUT2D eigenvalue weighted by atomic mass is 16.6. The second kappa shape index (κ2) is 11.5. The molecule has 0 spiro atoms. The number of hydrogen-bond acceptors (Lipinski definition) is 6. The molecule has 0 radical (unpaired) electrons. The summed E-state index contributed by atoms with van der Waals surface area (Å²) >= 11 is 0. The molecular formula is C25H32N2O6. The van der Waals surface area contributed by atoms with Crippen LogP contribution in [0.25, 0.3) is 0 Å². The molecule has 1 unspecified atom stereocenters. The van der Waals surface area contributed by atoms with Crippen molar-refractivity contribution in [2.24, 2.45) is 0 Å². The van der Waals surface area contributed by atoms with Crippen LogP contribution in [-0.2, 0) is 16.1 Å². The second-order valence-corrected chi connectivity index (χ2v) is 8.62. The minimum atomic E-state index is -1.30. The summed E-state index contributed by atoms with van der Waals surface area (Å²) in [5.41, 5.74) is 0.530. The molecule has 8 heteroatoms. The molecule has 1 amide bonds. The molecule has 0 aliphatic heterocycles. The van der Waals surface area contributed by atoms with Crippen LogP contribution in [0, 0.1) is 6.92 Å². The van der Waals surface area contributed by atoms with Crippen LogP contribution in [-0.4, -0.2) is 40.0 Å². The molecule has 1 aromatic heterocycles. The van der Waals surface area contributed by atoms with Gasteiger partial charge in [-0.05, 0) is 52.7 Å². The maximum Gasteiger partial charge on any atom is 0.412 e. The lowest BCUT2D eigenvalue weighted by molar-refractivity contribution is -0.0273. The molecule has 2 atom stereocenters. The van der Waals surface area contributed by atoms with Crippen LogP contribution in [0.1, 0.15) is 55.7 Å². The summed E-state index contributed by atoms with van der Waals surface area (Å²) in [5.74, 6) is -1.16. The maximum atomic E-state index is 12.1. The van der Waals surface area contributed by atoms with Crippen molar-refractivity contribution in [1.29, 1.82) is 0 Å². The smallest absolute Gasteiger partial charge is 0.412 e. The Kier molecular flexibility index (Phi) is 8.99. The Morgan fingerprint density at radius 2 is 1.91 bits per heavy atom. The van der Waals surface area contributed by atoms with E-state index in [0.29, 0.717) is 18.6 Å². The third kappa shape index (κ3) is 8.23. The van der Waals surface area contributed by atoms with Crippen molar-refractivity contribution in [3.63, 3.8) is 0 Å². The molecule has 178 valence electrons. The van der Waals surface area contributed by atoms with E-state index in [2.05, 4.69) is 16.9 Å². The van der Waals surface area contributed by atoms with Crippen LogP contribution in [0.5, 0.6) is 5.88 Å². The predicted molar refractivity (Wildman–Crippen MR) is 126 cm³/mol. The van der Waals surface area contributed by atoms with Gasteiger partial charge in [-0.1, -0.05) is 36.4 Å². The van der Waals surface area contributed by atoms with E-state index >= 15 is 0 Å². The van der Waals surface area contributed by atoms with Crippen molar-refractivity contribution < 1.29 is 28.9 Å². The number of aromatic carboxylic acids is 1. The van der Waals surface area contributed by atoms with Crippen LogP contribution >= 0.6 is 0 Å². The van der Waals surface area contributed by atoms with Gasteiger partial charge in [-0.3, -0.25) is 5.32 Å². The standard InChI is InChI=1S/C25H32N2O6/c1-7-11-20(31-15-18-12-9-8-10-13-18)17(3)32-22-16(2)14-19(21(27-22)23(28)29)26-24(30)33-25(4,5)6/h7-10,12-14,17,20H,1,11,15H2,2-6H3,(H,26,30)(H,28,29)/t17-,20?/m1/s1. The van der Waals surface area contributed by atoms with Gasteiger partial charge >= 0.3 is 12.1 Å². The molecule has 1 heterocycles. The number of carboxylic acids is 1. The quantitative estimate of drug-likeness (QED) is 0.463. The van der Waals surface area contributed by atoms with Crippen molar-refractivity contribution in [1.82, 2.24) is 4.98 Å². The summed E-state index contributed by atoms with van der Waals surface area (Å²) in [6, 6.07) is 11.3. The lowest BCUT2D eigenvalue weighted by Crippen LogP contribution is -2.32. The Balaban J connectivity index is 2.18. The number of carboxylic acid groups (broad SMARTS) is 1. The van der Waals surface area contributed by atoms with E-state index in [4.69, 9.17) is 14.2 Å². The number of carbonyl (C=O) groups is 2. The van der Waals surface area contributed by atoms with E-state index in [0.717, 1.165) is 5.56 Å². The number of aromatic nitrogens is 1. The third-order valence-electron chi connectivity index (χ3n) is 4.53. The largest absolute Gasteiger partial charge is 0.476 e. The first-order valence-electron chi connectivity index (χ1n) is 10.7. The zero-order chi connectivity index (χ0) is 24.6. The third-order valence-corrected chi connectivity index (χ3v) is 4.53. The van der Waals surface area contributed by atoms with Gasteiger partial charge in [-0.25, -0.2) is 14.6 Å². The number of nitrogens with zero attached hydrogens (tertiary/aromatic N) is 1. The van der Waals surface area contributed by atoms with Crippen LogP contribution in [0.2, 0.25) is 0 Å². The fourth-order valence-electron chi connectivity index (χ4n) is 2.98. The minimum absolute atomic E-state index is 0.0252. The van der Waals surface area contributed by atoms with E-state index in [-0.39, 0.29) is 23.4 Å². The summed E-state index contributed by atoms with van der Waals surface area (Å²) in [4.78, 5) is 28.0. The maximum absolute atomic E-state index is 12.1. The molecule has 0 fully saturated rings. The van der Waals surface area contributed by atoms with Crippen molar-refractivity contribution in [2.45, 2.75) is 65.5 Å². The lowest BCUT2D eigenvalue weighted by atomic mass is 10.1. The lowest BCUT2D eigenvalue weighted by Gasteiger charge is -2.25. The summed E-state index contributed by atoms with van der Waals surface area (Å²) in [6.07, 6.45) is 0.748. The second-order valence-electron chi connectivity index (χ2n) is 8.62. The average Bonchev–Trinajstić information content (AvgIpc) is 2.72. The molecule has 0 bridgehead atoms. The number of aryl methyl sites for hydroxylation is 1. The Bertz CT molecular complexity index is 969. The van der Waals surface area contributed by atoms with Gasteiger partial charge in [0, 0.05) is 5.56 Å². The zero-order valence-corrected chi connectivity index (χ0v) is 19.8.